The molecule has 0 unspecified atom stereocenters. The largest absolute Gasteiger partial charge is 0.448 e. The number of ether oxygens (including phenoxy) is 2. The Labute approximate surface area is 236 Å². The molecule has 3 amide bonds. The van der Waals surface area contributed by atoms with Crippen molar-refractivity contribution in [2.45, 2.75) is 43.9 Å². The van der Waals surface area contributed by atoms with E-state index in [0.717, 1.165) is 11.1 Å². The molecule has 4 rings (SSSR count). The van der Waals surface area contributed by atoms with Crippen LogP contribution >= 0.6 is 23.4 Å². The minimum Gasteiger partial charge on any atom is -0.448 e. The molecular weight excluding hydrogens is 542 g/mol. The highest BCUT2D eigenvalue weighted by atomic mass is 35.5. The number of carbonyl (C=O) groups is 4. The summed E-state index contributed by atoms with van der Waals surface area (Å²) >= 11 is 7.57. The van der Waals surface area contributed by atoms with Crippen LogP contribution in [-0.2, 0) is 23.9 Å². The Morgan fingerprint density at radius 3 is 2.18 bits per heavy atom. The molecule has 2 N–H and O–H groups in total. The van der Waals surface area contributed by atoms with Crippen LogP contribution in [0.25, 0.3) is 0 Å². The lowest BCUT2D eigenvalue weighted by Crippen LogP contribution is -2.71. The first-order valence-corrected chi connectivity index (χ1v) is 14.0. The smallest absolute Gasteiger partial charge is 0.408 e. The Balaban J connectivity index is 1.46. The molecule has 0 aliphatic carbocycles. The van der Waals surface area contributed by atoms with Crippen molar-refractivity contribution in [1.82, 2.24) is 15.5 Å². The van der Waals surface area contributed by atoms with Crippen molar-refractivity contribution in [2.24, 2.45) is 0 Å². The molecule has 2 aliphatic rings. The van der Waals surface area contributed by atoms with E-state index in [1.807, 2.05) is 60.7 Å². The lowest BCUT2D eigenvalue weighted by Gasteiger charge is -2.49. The van der Waals surface area contributed by atoms with Crippen LogP contribution in [0.1, 0.15) is 38.0 Å². The Bertz CT molecular complexity index is 1230. The quantitative estimate of drug-likeness (QED) is 0.282. The molecule has 2 heterocycles. The van der Waals surface area contributed by atoms with Crippen LogP contribution < -0.4 is 10.6 Å². The zero-order valence-corrected chi connectivity index (χ0v) is 23.4. The van der Waals surface area contributed by atoms with E-state index in [4.69, 9.17) is 21.1 Å². The van der Waals surface area contributed by atoms with Gasteiger partial charge in [0.1, 0.15) is 29.3 Å². The molecule has 1 saturated heterocycles. The molecule has 1 fully saturated rings. The summed E-state index contributed by atoms with van der Waals surface area (Å²) in [5.41, 5.74) is 1.54. The molecule has 0 spiro atoms. The monoisotopic (exact) mass is 571 g/mol. The van der Waals surface area contributed by atoms with Crippen LogP contribution in [0.5, 0.6) is 0 Å². The van der Waals surface area contributed by atoms with Gasteiger partial charge < -0.3 is 20.1 Å². The van der Waals surface area contributed by atoms with Gasteiger partial charge in [0.15, 0.2) is 6.10 Å². The molecule has 39 heavy (non-hydrogen) atoms. The van der Waals surface area contributed by atoms with Gasteiger partial charge in [-0.2, -0.15) is 0 Å². The van der Waals surface area contributed by atoms with E-state index in [0.29, 0.717) is 11.3 Å². The first-order valence-electron chi connectivity index (χ1n) is 12.4. The number of nitrogens with one attached hydrogen (secondary N) is 2. The number of esters is 1. The van der Waals surface area contributed by atoms with E-state index in [-0.39, 0.29) is 18.1 Å². The standard InChI is InChI=1S/C28H30ClN3O6S/c1-28(2,3)38-27(36)30-15-20(33)31-21-24(34)32-22(19(14-29)16-39-25(21)32)26(35)37-23(17-10-6-4-7-11-17)18-12-8-5-9-13-18/h4-13,21,23,25H,14-16H2,1-3H3,(H,30,36)(H,31,33)/t21-,25-/m1/s1. The zero-order chi connectivity index (χ0) is 28.2. The number of nitrogens with zero attached hydrogens (tertiary/aromatic N) is 1. The lowest BCUT2D eigenvalue weighted by molar-refractivity contribution is -0.154. The average molecular weight is 572 g/mol. The van der Waals surface area contributed by atoms with Gasteiger partial charge in [0, 0.05) is 11.6 Å². The number of rotatable bonds is 8. The maximum Gasteiger partial charge on any atom is 0.408 e. The second-order valence-corrected chi connectivity index (χ2v) is 11.4. The van der Waals surface area contributed by atoms with Crippen molar-refractivity contribution in [3.63, 3.8) is 0 Å². The van der Waals surface area contributed by atoms with Gasteiger partial charge >= 0.3 is 12.1 Å². The van der Waals surface area contributed by atoms with E-state index in [1.54, 1.807) is 20.8 Å². The Morgan fingerprint density at radius 1 is 1.05 bits per heavy atom. The summed E-state index contributed by atoms with van der Waals surface area (Å²) in [6, 6.07) is 17.8. The van der Waals surface area contributed by atoms with E-state index < -0.39 is 47.0 Å². The number of halogens is 1. The van der Waals surface area contributed by atoms with Gasteiger partial charge in [-0.15, -0.1) is 23.4 Å². The number of carbonyl (C=O) groups excluding carboxylic acids is 4. The summed E-state index contributed by atoms with van der Waals surface area (Å²) in [5.74, 6) is -1.23. The van der Waals surface area contributed by atoms with Crippen molar-refractivity contribution in [3.8, 4) is 0 Å². The molecule has 11 heteroatoms. The number of thioether (sulfide) groups is 1. The third kappa shape index (κ3) is 6.75. The average Bonchev–Trinajstić information content (AvgIpc) is 2.92. The highest BCUT2D eigenvalue weighted by molar-refractivity contribution is 8.00. The lowest BCUT2D eigenvalue weighted by atomic mass is 10.0. The summed E-state index contributed by atoms with van der Waals surface area (Å²) in [6.45, 7) is 4.77. The summed E-state index contributed by atoms with van der Waals surface area (Å²) < 4.78 is 11.1. The van der Waals surface area contributed by atoms with Crippen molar-refractivity contribution >= 4 is 47.2 Å². The molecule has 2 aliphatic heterocycles. The first-order chi connectivity index (χ1) is 18.6. The summed E-state index contributed by atoms with van der Waals surface area (Å²) in [7, 11) is 0. The molecule has 9 nitrogen and oxygen atoms in total. The third-order valence-corrected chi connectivity index (χ3v) is 7.60. The van der Waals surface area contributed by atoms with Crippen molar-refractivity contribution < 1.29 is 28.7 Å². The second-order valence-electron chi connectivity index (χ2n) is 10.0. The van der Waals surface area contributed by atoms with Gasteiger partial charge in [0.25, 0.3) is 5.91 Å². The summed E-state index contributed by atoms with van der Waals surface area (Å²) in [4.78, 5) is 52.4. The van der Waals surface area contributed by atoms with Crippen LogP contribution in [0.3, 0.4) is 0 Å². The molecule has 206 valence electrons. The fourth-order valence-corrected chi connectivity index (χ4v) is 5.89. The number of alkyl halides is 1. The third-order valence-electron chi connectivity index (χ3n) is 5.94. The molecular formula is C28H30ClN3O6S. The first kappa shape index (κ1) is 28.5. The maximum absolute atomic E-state index is 13.6. The fourth-order valence-electron chi connectivity index (χ4n) is 4.21. The number of hydrogen-bond donors (Lipinski definition) is 2. The number of hydrogen-bond acceptors (Lipinski definition) is 7. The SMILES string of the molecule is CC(C)(C)OC(=O)NCC(=O)N[C@@H]1C(=O)N2C(C(=O)OC(c3ccccc3)c3ccccc3)=C(CCl)CS[C@H]12. The number of benzene rings is 2. The normalized spacial score (nSPS) is 18.7. The van der Waals surface area contributed by atoms with E-state index in [2.05, 4.69) is 10.6 Å². The number of alkyl carbamates (subject to hydrolysis) is 1. The predicted molar refractivity (Wildman–Crippen MR) is 148 cm³/mol. The van der Waals surface area contributed by atoms with Crippen molar-refractivity contribution in [1.29, 1.82) is 0 Å². The molecule has 0 aromatic heterocycles. The zero-order valence-electron chi connectivity index (χ0n) is 21.8. The predicted octanol–water partition coefficient (Wildman–Crippen LogP) is 3.74. The van der Waals surface area contributed by atoms with E-state index >= 15 is 0 Å². The van der Waals surface area contributed by atoms with Gasteiger partial charge in [0.2, 0.25) is 5.91 Å². The fraction of sp³-hybridized carbons (Fsp3) is 0.357. The van der Waals surface area contributed by atoms with Gasteiger partial charge in [-0.1, -0.05) is 60.7 Å². The van der Waals surface area contributed by atoms with Crippen molar-refractivity contribution in [3.05, 3.63) is 83.1 Å². The maximum atomic E-state index is 13.6. The topological polar surface area (TPSA) is 114 Å². The van der Waals surface area contributed by atoms with Crippen LogP contribution in [0, 0.1) is 0 Å². The minimum atomic E-state index is -0.860. The highest BCUT2D eigenvalue weighted by Gasteiger charge is 2.54. The van der Waals surface area contributed by atoms with Crippen LogP contribution in [0.4, 0.5) is 4.79 Å². The summed E-state index contributed by atoms with van der Waals surface area (Å²) in [5, 5.41) is 4.50. The number of β-lactam (4-membered cyclic amide) rings is 1. The number of fused-ring (bicyclic) bond motifs is 1. The minimum absolute atomic E-state index is 0.0477. The second kappa shape index (κ2) is 12.1. The molecule has 0 bridgehead atoms. The van der Waals surface area contributed by atoms with Gasteiger partial charge in [-0.25, -0.2) is 9.59 Å². The molecule has 0 radical (unpaired) electrons. The van der Waals surface area contributed by atoms with Gasteiger partial charge in [-0.05, 0) is 37.5 Å². The highest BCUT2D eigenvalue weighted by Crippen LogP contribution is 2.41. The van der Waals surface area contributed by atoms with E-state index in [1.165, 1.54) is 16.7 Å². The number of amides is 3. The Kier molecular flexibility index (Phi) is 8.87. The van der Waals surface area contributed by atoms with E-state index in [9.17, 15) is 19.2 Å². The molecule has 2 aromatic carbocycles. The molecule has 2 atom stereocenters. The van der Waals surface area contributed by atoms with Gasteiger partial charge in [-0.3, -0.25) is 14.5 Å². The van der Waals surface area contributed by atoms with Crippen LogP contribution in [0.15, 0.2) is 71.9 Å². The molecule has 2 aromatic rings. The Morgan fingerprint density at radius 2 is 1.64 bits per heavy atom. The van der Waals surface area contributed by atoms with Gasteiger partial charge in [0.05, 0.1) is 0 Å². The van der Waals surface area contributed by atoms with Crippen LogP contribution in [0.2, 0.25) is 0 Å². The Hall–Kier alpha value is -3.50. The molecule has 0 saturated carbocycles. The van der Waals surface area contributed by atoms with Crippen LogP contribution in [-0.4, -0.2) is 64.0 Å². The summed E-state index contributed by atoms with van der Waals surface area (Å²) in [6.07, 6.45) is -1.43. The van der Waals surface area contributed by atoms with Crippen molar-refractivity contribution in [2.75, 3.05) is 18.2 Å².